The Bertz CT molecular complexity index is 1250. The molecule has 1 aromatic carbocycles. The largest absolute Gasteiger partial charge is 0.454 e. The molecule has 35 heavy (non-hydrogen) atoms. The first-order chi connectivity index (χ1) is 16.9. The quantitative estimate of drug-likeness (QED) is 0.526. The van der Waals surface area contributed by atoms with Crippen molar-refractivity contribution < 1.29 is 23.9 Å². The van der Waals surface area contributed by atoms with Crippen molar-refractivity contribution in [3.63, 3.8) is 0 Å². The molecule has 3 heterocycles. The number of nitriles is 1. The first-order valence-corrected chi connectivity index (χ1v) is 12.0. The highest BCUT2D eigenvalue weighted by atomic mass is 32.2. The van der Waals surface area contributed by atoms with Crippen LogP contribution in [0.4, 0.5) is 4.79 Å². The van der Waals surface area contributed by atoms with Gasteiger partial charge in [0.25, 0.3) is 11.1 Å². The van der Waals surface area contributed by atoms with Crippen LogP contribution in [0.2, 0.25) is 0 Å². The van der Waals surface area contributed by atoms with Crippen LogP contribution in [0.5, 0.6) is 11.5 Å². The average molecular weight is 496 g/mol. The van der Waals surface area contributed by atoms with E-state index < -0.39 is 0 Å². The molecule has 2 aliphatic heterocycles. The van der Waals surface area contributed by atoms with Gasteiger partial charge in [0.05, 0.1) is 29.6 Å². The Labute approximate surface area is 206 Å². The molecule has 4 rings (SSSR count). The van der Waals surface area contributed by atoms with E-state index in [2.05, 4.69) is 16.5 Å². The number of rotatable bonds is 9. The van der Waals surface area contributed by atoms with E-state index in [1.54, 1.807) is 29.0 Å². The molecule has 0 saturated carbocycles. The Morgan fingerprint density at radius 2 is 2.06 bits per heavy atom. The van der Waals surface area contributed by atoms with Crippen LogP contribution in [-0.2, 0) is 22.6 Å². The van der Waals surface area contributed by atoms with Crippen LogP contribution in [0.1, 0.15) is 35.4 Å². The minimum absolute atomic E-state index is 0.0963. The molecule has 0 atom stereocenters. The minimum Gasteiger partial charge on any atom is -0.454 e. The molecule has 0 radical (unpaired) electrons. The number of ether oxygens (including phenoxy) is 2. The van der Waals surface area contributed by atoms with Crippen molar-refractivity contribution >= 4 is 34.9 Å². The van der Waals surface area contributed by atoms with Crippen molar-refractivity contribution in [1.82, 2.24) is 20.0 Å². The van der Waals surface area contributed by atoms with Crippen LogP contribution in [0, 0.1) is 25.2 Å². The number of fused-ring (bicyclic) bond motifs is 1. The van der Waals surface area contributed by atoms with E-state index in [0.29, 0.717) is 35.8 Å². The summed E-state index contributed by atoms with van der Waals surface area (Å²) in [7, 11) is 0. The zero-order valence-electron chi connectivity index (χ0n) is 19.5. The molecule has 0 spiro atoms. The number of carbonyl (C=O) groups excluding carboxylic acids is 3. The number of amides is 3. The number of hydrogen-bond donors (Lipinski definition) is 1. The maximum Gasteiger partial charge on any atom is 0.293 e. The number of hydrogen-bond acceptors (Lipinski definition) is 8. The van der Waals surface area contributed by atoms with E-state index in [-0.39, 0.29) is 43.4 Å². The van der Waals surface area contributed by atoms with Gasteiger partial charge in [0.15, 0.2) is 11.5 Å². The van der Waals surface area contributed by atoms with Crippen LogP contribution < -0.4 is 14.8 Å². The van der Waals surface area contributed by atoms with Gasteiger partial charge in [0.1, 0.15) is 0 Å². The summed E-state index contributed by atoms with van der Waals surface area (Å²) in [6.45, 7) is 4.77. The van der Waals surface area contributed by atoms with Gasteiger partial charge in [0, 0.05) is 25.2 Å². The molecule has 11 heteroatoms. The lowest BCUT2D eigenvalue weighted by atomic mass is 10.1. The molecule has 2 aliphatic rings. The second-order valence-corrected chi connectivity index (χ2v) is 9.07. The Morgan fingerprint density at radius 1 is 1.26 bits per heavy atom. The fourth-order valence-electron chi connectivity index (χ4n) is 3.95. The zero-order chi connectivity index (χ0) is 24.9. The predicted octanol–water partition coefficient (Wildman–Crippen LogP) is 2.93. The lowest BCUT2D eigenvalue weighted by Crippen LogP contribution is -2.37. The van der Waals surface area contributed by atoms with E-state index >= 15 is 0 Å². The molecule has 182 valence electrons. The standard InChI is InChI=1S/C24H25N5O5S/c1-15-18(16(2)29(27-15)10-3-8-25)5-7-22(30)26-9-11-28-23(31)21(35-24(28)32)13-17-4-6-19-20(12-17)34-14-33-19/h4,6,12-13H,3,5,7,9-11,14H2,1-2H3,(H,26,30)/b21-13+. The van der Waals surface area contributed by atoms with E-state index in [4.69, 9.17) is 14.7 Å². The van der Waals surface area contributed by atoms with Gasteiger partial charge in [-0.15, -0.1) is 0 Å². The lowest BCUT2D eigenvalue weighted by molar-refractivity contribution is -0.124. The van der Waals surface area contributed by atoms with Gasteiger partial charge in [-0.2, -0.15) is 10.4 Å². The summed E-state index contributed by atoms with van der Waals surface area (Å²) in [6, 6.07) is 7.41. The molecule has 1 fully saturated rings. The molecule has 10 nitrogen and oxygen atoms in total. The van der Waals surface area contributed by atoms with Gasteiger partial charge in [-0.25, -0.2) is 0 Å². The number of carbonyl (C=O) groups is 3. The molecular formula is C24H25N5O5S. The van der Waals surface area contributed by atoms with Crippen LogP contribution in [0.15, 0.2) is 23.1 Å². The van der Waals surface area contributed by atoms with Crippen molar-refractivity contribution in [3.8, 4) is 17.6 Å². The monoisotopic (exact) mass is 495 g/mol. The second-order valence-electron chi connectivity index (χ2n) is 8.08. The van der Waals surface area contributed by atoms with Gasteiger partial charge in [-0.05, 0) is 61.4 Å². The van der Waals surface area contributed by atoms with Crippen LogP contribution in [0.25, 0.3) is 6.08 Å². The smallest absolute Gasteiger partial charge is 0.293 e. The number of nitrogens with zero attached hydrogens (tertiary/aromatic N) is 4. The molecule has 2 aromatic rings. The molecule has 1 aromatic heterocycles. The summed E-state index contributed by atoms with van der Waals surface area (Å²) in [5.74, 6) is 0.684. The van der Waals surface area contributed by atoms with Gasteiger partial charge in [0.2, 0.25) is 12.7 Å². The van der Waals surface area contributed by atoms with Crippen molar-refractivity contribution in [3.05, 3.63) is 45.6 Å². The first kappa shape index (κ1) is 24.3. The van der Waals surface area contributed by atoms with E-state index in [0.717, 1.165) is 39.2 Å². The number of benzene rings is 1. The van der Waals surface area contributed by atoms with Crippen LogP contribution in [-0.4, -0.2) is 51.6 Å². The minimum atomic E-state index is -0.386. The maximum absolute atomic E-state index is 12.7. The summed E-state index contributed by atoms with van der Waals surface area (Å²) in [5.41, 5.74) is 3.53. The van der Waals surface area contributed by atoms with Gasteiger partial charge in [-0.3, -0.25) is 24.0 Å². The first-order valence-electron chi connectivity index (χ1n) is 11.2. The Balaban J connectivity index is 1.27. The molecule has 3 amide bonds. The number of nitrogens with one attached hydrogen (secondary N) is 1. The normalized spacial score (nSPS) is 15.7. The number of thioether (sulfide) groups is 1. The zero-order valence-corrected chi connectivity index (χ0v) is 20.3. The second kappa shape index (κ2) is 10.7. The molecular weight excluding hydrogens is 470 g/mol. The Morgan fingerprint density at radius 3 is 2.86 bits per heavy atom. The number of aromatic nitrogens is 2. The lowest BCUT2D eigenvalue weighted by Gasteiger charge is -2.13. The van der Waals surface area contributed by atoms with Crippen molar-refractivity contribution in [2.24, 2.45) is 0 Å². The van der Waals surface area contributed by atoms with Crippen LogP contribution >= 0.6 is 11.8 Å². The van der Waals surface area contributed by atoms with Crippen LogP contribution in [0.3, 0.4) is 0 Å². The fourth-order valence-corrected chi connectivity index (χ4v) is 4.82. The third-order valence-corrected chi connectivity index (χ3v) is 6.70. The maximum atomic E-state index is 12.7. The van der Waals surface area contributed by atoms with Gasteiger partial charge >= 0.3 is 0 Å². The van der Waals surface area contributed by atoms with Gasteiger partial charge < -0.3 is 14.8 Å². The summed E-state index contributed by atoms with van der Waals surface area (Å²) >= 11 is 0.872. The average Bonchev–Trinajstić information content (AvgIpc) is 3.48. The molecule has 0 unspecified atom stereocenters. The van der Waals surface area contributed by atoms with E-state index in [1.807, 2.05) is 13.8 Å². The predicted molar refractivity (Wildman–Crippen MR) is 129 cm³/mol. The summed E-state index contributed by atoms with van der Waals surface area (Å²) in [4.78, 5) is 38.9. The third kappa shape index (κ3) is 5.49. The third-order valence-electron chi connectivity index (χ3n) is 5.79. The molecule has 1 saturated heterocycles. The van der Waals surface area contributed by atoms with E-state index in [9.17, 15) is 14.4 Å². The number of aryl methyl sites for hydroxylation is 2. The summed E-state index contributed by atoms with van der Waals surface area (Å²) in [5, 5.41) is 15.6. The molecule has 0 aliphatic carbocycles. The summed E-state index contributed by atoms with van der Waals surface area (Å²) in [6.07, 6.45) is 2.81. The van der Waals surface area contributed by atoms with Crippen molar-refractivity contribution in [2.45, 2.75) is 39.7 Å². The SMILES string of the molecule is Cc1nn(CCC#N)c(C)c1CCC(=O)NCCN1C(=O)S/C(=C/c2ccc3c(c2)OCO3)C1=O. The highest BCUT2D eigenvalue weighted by Gasteiger charge is 2.34. The highest BCUT2D eigenvalue weighted by Crippen LogP contribution is 2.36. The molecule has 1 N–H and O–H groups in total. The van der Waals surface area contributed by atoms with E-state index in [1.165, 1.54) is 0 Å². The fraction of sp³-hybridized carbons (Fsp3) is 0.375. The topological polar surface area (TPSA) is 127 Å². The van der Waals surface area contributed by atoms with Crippen molar-refractivity contribution in [1.29, 1.82) is 5.26 Å². The molecule has 0 bridgehead atoms. The summed E-state index contributed by atoms with van der Waals surface area (Å²) < 4.78 is 12.4. The van der Waals surface area contributed by atoms with Gasteiger partial charge in [-0.1, -0.05) is 6.07 Å². The van der Waals surface area contributed by atoms with Crippen molar-refractivity contribution in [2.75, 3.05) is 19.9 Å². The Hall–Kier alpha value is -3.78. The highest BCUT2D eigenvalue weighted by molar-refractivity contribution is 8.18. The Kier molecular flexibility index (Phi) is 7.41. The number of imide groups is 1.